The van der Waals surface area contributed by atoms with Gasteiger partial charge in [-0.2, -0.15) is 0 Å². The van der Waals surface area contributed by atoms with Crippen LogP contribution in [0.15, 0.2) is 41.0 Å². The molecule has 7 nitrogen and oxygen atoms in total. The lowest BCUT2D eigenvalue weighted by molar-refractivity contribution is -0.384. The Morgan fingerprint density at radius 1 is 1.32 bits per heavy atom. The quantitative estimate of drug-likeness (QED) is 0.437. The second kappa shape index (κ2) is 6.62. The highest BCUT2D eigenvalue weighted by molar-refractivity contribution is 7.54. The van der Waals surface area contributed by atoms with Gasteiger partial charge in [0.05, 0.1) is 11.2 Å². The molecule has 0 radical (unpaired) electrons. The molecule has 0 spiro atoms. The average Bonchev–Trinajstić information content (AvgIpc) is 3.00. The first-order chi connectivity index (χ1) is 10.4. The van der Waals surface area contributed by atoms with E-state index in [1.54, 1.807) is 12.1 Å². The van der Waals surface area contributed by atoms with E-state index < -0.39 is 18.2 Å². The molecular formula is C13H13ClNO6P. The molecule has 1 unspecified atom stereocenters. The topological polar surface area (TPSA) is 91.8 Å². The third kappa shape index (κ3) is 3.08. The van der Waals surface area contributed by atoms with Crippen molar-refractivity contribution in [1.82, 2.24) is 0 Å². The van der Waals surface area contributed by atoms with E-state index in [0.29, 0.717) is 11.3 Å². The molecular weight excluding hydrogens is 333 g/mol. The largest absolute Gasteiger partial charge is 0.468 e. The van der Waals surface area contributed by atoms with E-state index in [-0.39, 0.29) is 10.7 Å². The van der Waals surface area contributed by atoms with Gasteiger partial charge in [0.2, 0.25) is 0 Å². The Morgan fingerprint density at radius 2 is 2.00 bits per heavy atom. The Labute approximate surface area is 131 Å². The summed E-state index contributed by atoms with van der Waals surface area (Å²) >= 11 is 5.92. The summed E-state index contributed by atoms with van der Waals surface area (Å²) in [5.74, 6) is 0.344. The number of rotatable bonds is 6. The number of benzene rings is 1. The van der Waals surface area contributed by atoms with Gasteiger partial charge in [0.1, 0.15) is 16.4 Å². The molecule has 1 atom stereocenters. The normalized spacial score (nSPS) is 13.0. The maximum absolute atomic E-state index is 12.8. The number of nitro benzene ring substituents is 1. The first-order valence-electron chi connectivity index (χ1n) is 6.11. The minimum absolute atomic E-state index is 0.0715. The molecule has 118 valence electrons. The van der Waals surface area contributed by atoms with Crippen LogP contribution in [0.2, 0.25) is 5.02 Å². The fraction of sp³-hybridized carbons (Fsp3) is 0.231. The molecule has 0 bridgehead atoms. The van der Waals surface area contributed by atoms with Crippen LogP contribution >= 0.6 is 19.2 Å². The average molecular weight is 346 g/mol. The number of hydrogen-bond donors (Lipinski definition) is 0. The maximum atomic E-state index is 12.8. The molecule has 1 aromatic carbocycles. The molecule has 0 saturated heterocycles. The van der Waals surface area contributed by atoms with Crippen molar-refractivity contribution >= 4 is 24.9 Å². The number of halogens is 1. The maximum Gasteiger partial charge on any atom is 0.345 e. The zero-order valence-electron chi connectivity index (χ0n) is 11.8. The molecule has 0 N–H and O–H groups in total. The number of nitro groups is 1. The fourth-order valence-electron chi connectivity index (χ4n) is 2.08. The van der Waals surface area contributed by atoms with Crippen LogP contribution in [0.4, 0.5) is 5.69 Å². The summed E-state index contributed by atoms with van der Waals surface area (Å²) in [7, 11) is -1.07. The number of furan rings is 1. The molecule has 0 fully saturated rings. The molecule has 2 rings (SSSR count). The van der Waals surface area contributed by atoms with Gasteiger partial charge in [0.15, 0.2) is 0 Å². The second-order valence-corrected chi connectivity index (χ2v) is 7.02. The van der Waals surface area contributed by atoms with Gasteiger partial charge in [0, 0.05) is 20.3 Å². The number of nitrogens with zero attached hydrogens (tertiary/aromatic N) is 1. The molecule has 0 aliphatic carbocycles. The summed E-state index contributed by atoms with van der Waals surface area (Å²) in [5.41, 5.74) is -0.693. The van der Waals surface area contributed by atoms with Gasteiger partial charge in [-0.3, -0.25) is 14.7 Å². The zero-order chi connectivity index (χ0) is 16.3. The summed E-state index contributed by atoms with van der Waals surface area (Å²) in [5, 5.41) is 10.8. The third-order valence-corrected chi connectivity index (χ3v) is 5.63. The van der Waals surface area contributed by atoms with Crippen molar-refractivity contribution in [2.24, 2.45) is 0 Å². The fourth-order valence-corrected chi connectivity index (χ4v) is 3.89. The minimum Gasteiger partial charge on any atom is -0.468 e. The summed E-state index contributed by atoms with van der Waals surface area (Å²) in [6.45, 7) is 0. The molecule has 2 aromatic rings. The van der Waals surface area contributed by atoms with Crippen molar-refractivity contribution in [2.45, 2.75) is 5.66 Å². The van der Waals surface area contributed by atoms with E-state index in [4.69, 9.17) is 25.1 Å². The summed E-state index contributed by atoms with van der Waals surface area (Å²) in [4.78, 5) is 10.2. The van der Waals surface area contributed by atoms with Gasteiger partial charge < -0.3 is 13.5 Å². The van der Waals surface area contributed by atoms with E-state index in [2.05, 4.69) is 0 Å². The molecule has 1 heterocycles. The lowest BCUT2D eigenvalue weighted by Crippen LogP contribution is -2.05. The van der Waals surface area contributed by atoms with Crippen LogP contribution in [-0.2, 0) is 13.6 Å². The smallest absolute Gasteiger partial charge is 0.345 e. The first kappa shape index (κ1) is 16.7. The van der Waals surface area contributed by atoms with Crippen molar-refractivity contribution in [1.29, 1.82) is 0 Å². The zero-order valence-corrected chi connectivity index (χ0v) is 13.4. The standard InChI is InChI=1S/C13H13ClNO6P/c1-19-22(18,20-2)13(12-4-3-7-21-12)9-5-6-11(15(16)17)10(14)8-9/h3-8,13H,1-2H3. The van der Waals surface area contributed by atoms with Crippen LogP contribution in [0, 0.1) is 10.1 Å². The lowest BCUT2D eigenvalue weighted by atomic mass is 10.1. The van der Waals surface area contributed by atoms with Crippen molar-refractivity contribution in [3.63, 3.8) is 0 Å². The van der Waals surface area contributed by atoms with E-state index in [0.717, 1.165) is 0 Å². The minimum atomic E-state index is -3.58. The monoisotopic (exact) mass is 345 g/mol. The second-order valence-electron chi connectivity index (χ2n) is 4.29. The Balaban J connectivity index is 2.58. The van der Waals surface area contributed by atoms with Crippen LogP contribution in [0.1, 0.15) is 17.0 Å². The highest BCUT2D eigenvalue weighted by Crippen LogP contribution is 2.63. The van der Waals surface area contributed by atoms with Crippen molar-refractivity contribution < 1.29 is 23.0 Å². The van der Waals surface area contributed by atoms with Crippen molar-refractivity contribution in [2.75, 3.05) is 14.2 Å². The Hall–Kier alpha value is -1.66. The van der Waals surface area contributed by atoms with Crippen LogP contribution in [0.25, 0.3) is 0 Å². The van der Waals surface area contributed by atoms with Gasteiger partial charge in [-0.15, -0.1) is 0 Å². The van der Waals surface area contributed by atoms with E-state index in [9.17, 15) is 14.7 Å². The summed E-state index contributed by atoms with van der Waals surface area (Å²) in [6, 6.07) is 7.29. The van der Waals surface area contributed by atoms with Crippen molar-refractivity contribution in [3.05, 3.63) is 63.1 Å². The van der Waals surface area contributed by atoms with Crippen molar-refractivity contribution in [3.8, 4) is 0 Å². The number of hydrogen-bond acceptors (Lipinski definition) is 6. The molecule has 1 aromatic heterocycles. The predicted molar refractivity (Wildman–Crippen MR) is 80.3 cm³/mol. The molecule has 0 aliphatic rings. The van der Waals surface area contributed by atoms with Gasteiger partial charge in [0.25, 0.3) is 5.69 Å². The van der Waals surface area contributed by atoms with Crippen LogP contribution in [0.3, 0.4) is 0 Å². The molecule has 0 saturated carbocycles. The van der Waals surface area contributed by atoms with E-state index in [1.807, 2.05) is 0 Å². The molecule has 9 heteroatoms. The van der Waals surface area contributed by atoms with Gasteiger partial charge in [-0.1, -0.05) is 17.7 Å². The predicted octanol–water partition coefficient (Wildman–Crippen LogP) is 4.42. The first-order valence-corrected chi connectivity index (χ1v) is 8.10. The third-order valence-electron chi connectivity index (χ3n) is 3.12. The lowest BCUT2D eigenvalue weighted by Gasteiger charge is -2.23. The van der Waals surface area contributed by atoms with Crippen LogP contribution < -0.4 is 0 Å². The SMILES string of the molecule is COP(=O)(OC)C(c1ccc([N+](=O)[O-])c(Cl)c1)c1ccco1. The highest BCUT2D eigenvalue weighted by atomic mass is 35.5. The van der Waals surface area contributed by atoms with E-state index >= 15 is 0 Å². The van der Waals surface area contributed by atoms with Crippen LogP contribution in [-0.4, -0.2) is 19.1 Å². The molecule has 0 amide bonds. The summed E-state index contributed by atoms with van der Waals surface area (Å²) in [6.07, 6.45) is 1.42. The Bertz CT molecular complexity index is 709. The van der Waals surface area contributed by atoms with Gasteiger partial charge in [-0.05, 0) is 23.8 Å². The molecule has 22 heavy (non-hydrogen) atoms. The molecule has 0 aliphatic heterocycles. The highest BCUT2D eigenvalue weighted by Gasteiger charge is 2.39. The van der Waals surface area contributed by atoms with E-state index in [1.165, 1.54) is 38.7 Å². The Kier molecular flexibility index (Phi) is 5.03. The summed E-state index contributed by atoms with van der Waals surface area (Å²) < 4.78 is 28.2. The Morgan fingerprint density at radius 3 is 2.45 bits per heavy atom. The van der Waals surface area contributed by atoms with Gasteiger partial charge >= 0.3 is 7.60 Å². The van der Waals surface area contributed by atoms with Crippen LogP contribution in [0.5, 0.6) is 0 Å². The van der Waals surface area contributed by atoms with Gasteiger partial charge in [-0.25, -0.2) is 0 Å².